The Hall–Kier alpha value is -1.55. The second-order valence-electron chi connectivity index (χ2n) is 8.08. The molecule has 1 aromatic heterocycles. The molecule has 0 bridgehead atoms. The molecule has 0 saturated carbocycles. The highest BCUT2D eigenvalue weighted by Crippen LogP contribution is 2.22. The lowest BCUT2D eigenvalue weighted by molar-refractivity contribution is -0.129. The monoisotopic (exact) mass is 409 g/mol. The van der Waals surface area contributed by atoms with E-state index in [2.05, 4.69) is 20.5 Å². The summed E-state index contributed by atoms with van der Waals surface area (Å²) in [5.41, 5.74) is 0.803. The molecule has 0 spiro atoms. The number of likely N-dealkylation sites (tertiary alicyclic amines) is 1. The Bertz CT molecular complexity index is 620. The number of carbonyl (C=O) groups excluding carboxylic acids is 1. The van der Waals surface area contributed by atoms with Crippen LogP contribution < -0.4 is 5.32 Å². The molecule has 0 aliphatic carbocycles. The van der Waals surface area contributed by atoms with E-state index in [4.69, 9.17) is 9.47 Å². The summed E-state index contributed by atoms with van der Waals surface area (Å²) in [6, 6.07) is -0.121. The molecule has 2 saturated heterocycles. The number of amides is 1. The summed E-state index contributed by atoms with van der Waals surface area (Å²) in [7, 11) is 1.63. The van der Waals surface area contributed by atoms with Crippen molar-refractivity contribution in [2.45, 2.75) is 76.3 Å². The Labute approximate surface area is 172 Å². The van der Waals surface area contributed by atoms with Crippen molar-refractivity contribution in [3.63, 3.8) is 0 Å². The van der Waals surface area contributed by atoms with Gasteiger partial charge in [-0.15, -0.1) is 5.10 Å². The summed E-state index contributed by atoms with van der Waals surface area (Å²) in [6.07, 6.45) is 8.30. The first-order valence-electron chi connectivity index (χ1n) is 10.8. The van der Waals surface area contributed by atoms with Crippen molar-refractivity contribution in [1.29, 1.82) is 0 Å². The average Bonchev–Trinajstić information content (AvgIpc) is 3.20. The number of ether oxygens (including phenoxy) is 2. The van der Waals surface area contributed by atoms with Crippen LogP contribution in [0.1, 0.15) is 50.6 Å². The first kappa shape index (κ1) is 22.1. The zero-order valence-electron chi connectivity index (χ0n) is 17.5. The number of piperidine rings is 1. The number of aromatic nitrogens is 3. The second-order valence-corrected chi connectivity index (χ2v) is 8.08. The molecule has 0 unspecified atom stereocenters. The van der Waals surface area contributed by atoms with Gasteiger partial charge in [-0.25, -0.2) is 0 Å². The van der Waals surface area contributed by atoms with Crippen LogP contribution in [0.3, 0.4) is 0 Å². The van der Waals surface area contributed by atoms with E-state index >= 15 is 0 Å². The number of nitrogens with one attached hydrogen (secondary N) is 1. The van der Waals surface area contributed by atoms with E-state index in [0.29, 0.717) is 19.6 Å². The fourth-order valence-corrected chi connectivity index (χ4v) is 4.17. The van der Waals surface area contributed by atoms with E-state index in [1.807, 2.05) is 6.20 Å². The van der Waals surface area contributed by atoms with Gasteiger partial charge in [-0.1, -0.05) is 11.6 Å². The summed E-state index contributed by atoms with van der Waals surface area (Å²) in [5, 5.41) is 21.0. The third-order valence-corrected chi connectivity index (χ3v) is 5.80. The summed E-state index contributed by atoms with van der Waals surface area (Å²) in [5.74, 6) is 0.0503. The van der Waals surface area contributed by atoms with Gasteiger partial charge in [0.05, 0.1) is 31.6 Å². The maximum atomic E-state index is 12.4. The molecule has 9 nitrogen and oxygen atoms in total. The summed E-state index contributed by atoms with van der Waals surface area (Å²) in [6.45, 7) is 4.07. The van der Waals surface area contributed by atoms with Gasteiger partial charge in [0.2, 0.25) is 5.91 Å². The first-order chi connectivity index (χ1) is 14.2. The minimum atomic E-state index is -0.354. The van der Waals surface area contributed by atoms with Gasteiger partial charge in [0.15, 0.2) is 0 Å². The summed E-state index contributed by atoms with van der Waals surface area (Å²) < 4.78 is 12.9. The van der Waals surface area contributed by atoms with Crippen molar-refractivity contribution in [3.8, 4) is 0 Å². The van der Waals surface area contributed by atoms with E-state index in [0.717, 1.165) is 44.6 Å². The Morgan fingerprint density at radius 2 is 2.14 bits per heavy atom. The molecule has 0 radical (unpaired) electrons. The van der Waals surface area contributed by atoms with Crippen LogP contribution in [0.5, 0.6) is 0 Å². The van der Waals surface area contributed by atoms with Crippen molar-refractivity contribution in [2.75, 3.05) is 33.4 Å². The SMILES string of the molecule is COCc1cn(CC[C@H]2CC[C@@H](NC(=O)CCN3CCCCC3)[C@H](CO)O2)nn1. The predicted molar refractivity (Wildman–Crippen MR) is 107 cm³/mol. The maximum absolute atomic E-state index is 12.4. The Morgan fingerprint density at radius 1 is 1.31 bits per heavy atom. The van der Waals surface area contributed by atoms with Crippen LogP contribution in [0.25, 0.3) is 0 Å². The van der Waals surface area contributed by atoms with E-state index in [1.165, 1.54) is 19.3 Å². The van der Waals surface area contributed by atoms with E-state index in [-0.39, 0.29) is 30.8 Å². The molecule has 2 aliphatic heterocycles. The number of hydrogen-bond donors (Lipinski definition) is 2. The van der Waals surface area contributed by atoms with Gasteiger partial charge >= 0.3 is 0 Å². The molecule has 3 rings (SSSR count). The lowest BCUT2D eigenvalue weighted by Gasteiger charge is -2.36. The second kappa shape index (κ2) is 11.6. The number of aliphatic hydroxyl groups is 1. The van der Waals surface area contributed by atoms with Gasteiger partial charge in [-0.3, -0.25) is 9.48 Å². The van der Waals surface area contributed by atoms with Crippen LogP contribution in [-0.2, 0) is 27.4 Å². The van der Waals surface area contributed by atoms with Crippen LogP contribution in [0.4, 0.5) is 0 Å². The molecule has 2 fully saturated rings. The number of carbonyl (C=O) groups is 1. The van der Waals surface area contributed by atoms with Gasteiger partial charge in [-0.2, -0.15) is 0 Å². The van der Waals surface area contributed by atoms with Crippen molar-refractivity contribution in [3.05, 3.63) is 11.9 Å². The molecular formula is C20H35N5O4. The number of aryl methyl sites for hydroxylation is 1. The highest BCUT2D eigenvalue weighted by Gasteiger charge is 2.31. The van der Waals surface area contributed by atoms with E-state index < -0.39 is 0 Å². The predicted octanol–water partition coefficient (Wildman–Crippen LogP) is 0.715. The normalized spacial score (nSPS) is 25.8. The van der Waals surface area contributed by atoms with Crippen molar-refractivity contribution in [2.24, 2.45) is 0 Å². The maximum Gasteiger partial charge on any atom is 0.221 e. The molecule has 1 aromatic rings. The number of hydrogen-bond acceptors (Lipinski definition) is 7. The standard InChI is InChI=1S/C20H35N5O4/c1-28-15-16-13-25(23-22-16)12-7-17-5-6-18(19(14-26)29-17)21-20(27)8-11-24-9-3-2-4-10-24/h13,17-19,26H,2-12,14-15H2,1H3,(H,21,27)/t17-,18-,19+/m1/s1. The largest absolute Gasteiger partial charge is 0.394 e. The minimum absolute atomic E-state index is 0.0451. The molecular weight excluding hydrogens is 374 g/mol. The number of rotatable bonds is 10. The molecule has 3 atom stereocenters. The fraction of sp³-hybridized carbons (Fsp3) is 0.850. The quantitative estimate of drug-likeness (QED) is 0.587. The molecule has 29 heavy (non-hydrogen) atoms. The van der Waals surface area contributed by atoms with E-state index in [9.17, 15) is 9.90 Å². The third kappa shape index (κ3) is 7.02. The van der Waals surface area contributed by atoms with Gasteiger partial charge < -0.3 is 24.8 Å². The van der Waals surface area contributed by atoms with Gasteiger partial charge in [0.1, 0.15) is 11.8 Å². The van der Waals surface area contributed by atoms with Crippen molar-refractivity contribution in [1.82, 2.24) is 25.2 Å². The topological polar surface area (TPSA) is 102 Å². The van der Waals surface area contributed by atoms with Gasteiger partial charge in [-0.05, 0) is 45.2 Å². The Morgan fingerprint density at radius 3 is 2.90 bits per heavy atom. The minimum Gasteiger partial charge on any atom is -0.394 e. The average molecular weight is 410 g/mol. The summed E-state index contributed by atoms with van der Waals surface area (Å²) in [4.78, 5) is 14.7. The Kier molecular flexibility index (Phi) is 8.85. The molecule has 2 aliphatic rings. The lowest BCUT2D eigenvalue weighted by Crippen LogP contribution is -2.51. The zero-order valence-corrected chi connectivity index (χ0v) is 17.5. The van der Waals surface area contributed by atoms with Crippen LogP contribution >= 0.6 is 0 Å². The fourth-order valence-electron chi connectivity index (χ4n) is 4.17. The van der Waals surface area contributed by atoms with Gasteiger partial charge in [0, 0.05) is 26.6 Å². The zero-order chi connectivity index (χ0) is 20.5. The van der Waals surface area contributed by atoms with Crippen LogP contribution in [0.15, 0.2) is 6.20 Å². The third-order valence-electron chi connectivity index (χ3n) is 5.80. The molecule has 1 amide bonds. The molecule has 3 heterocycles. The molecule has 9 heteroatoms. The highest BCUT2D eigenvalue weighted by atomic mass is 16.5. The highest BCUT2D eigenvalue weighted by molar-refractivity contribution is 5.76. The number of methoxy groups -OCH3 is 1. The van der Waals surface area contributed by atoms with Crippen LogP contribution in [-0.4, -0.2) is 82.5 Å². The van der Waals surface area contributed by atoms with Crippen LogP contribution in [0.2, 0.25) is 0 Å². The lowest BCUT2D eigenvalue weighted by atomic mass is 9.97. The summed E-state index contributed by atoms with van der Waals surface area (Å²) >= 11 is 0. The molecule has 164 valence electrons. The molecule has 2 N–H and O–H groups in total. The van der Waals surface area contributed by atoms with Crippen molar-refractivity contribution < 1.29 is 19.4 Å². The van der Waals surface area contributed by atoms with Crippen LogP contribution in [0, 0.1) is 0 Å². The van der Waals surface area contributed by atoms with Gasteiger partial charge in [0.25, 0.3) is 0 Å². The number of aliphatic hydroxyl groups excluding tert-OH is 1. The molecule has 0 aromatic carbocycles. The van der Waals surface area contributed by atoms with Crippen molar-refractivity contribution >= 4 is 5.91 Å². The van der Waals surface area contributed by atoms with E-state index in [1.54, 1.807) is 11.8 Å². The first-order valence-corrected chi connectivity index (χ1v) is 10.8. The number of nitrogens with zero attached hydrogens (tertiary/aromatic N) is 4. The Balaban J connectivity index is 1.38. The smallest absolute Gasteiger partial charge is 0.221 e.